The number of aromatic nitrogens is 2. The quantitative estimate of drug-likeness (QED) is 0.709. The fourth-order valence-electron chi connectivity index (χ4n) is 3.12. The van der Waals surface area contributed by atoms with Crippen molar-refractivity contribution in [3.63, 3.8) is 0 Å². The second-order valence-corrected chi connectivity index (χ2v) is 6.80. The van der Waals surface area contributed by atoms with E-state index in [1.807, 2.05) is 30.3 Å². The van der Waals surface area contributed by atoms with Crippen molar-refractivity contribution in [2.24, 2.45) is 0 Å². The minimum Gasteiger partial charge on any atom is -0.306 e. The lowest BCUT2D eigenvalue weighted by atomic mass is 10.2. The van der Waals surface area contributed by atoms with E-state index in [1.54, 1.807) is 22.9 Å². The fourth-order valence-corrected chi connectivity index (χ4v) is 3.62. The van der Waals surface area contributed by atoms with Crippen LogP contribution in [-0.4, -0.2) is 15.7 Å². The Morgan fingerprint density at radius 1 is 1.08 bits per heavy atom. The molecule has 4 nitrogen and oxygen atoms in total. The third-order valence-electron chi connectivity index (χ3n) is 4.32. The number of fused-ring (bicyclic) bond motifs is 1. The molecule has 0 fully saturated rings. The maximum Gasteiger partial charge on any atom is 0.258 e. The van der Waals surface area contributed by atoms with Crippen molar-refractivity contribution in [1.29, 1.82) is 0 Å². The molecule has 0 atom stereocenters. The Hall–Kier alpha value is -2.30. The zero-order valence-electron chi connectivity index (χ0n) is 13.3. The van der Waals surface area contributed by atoms with Crippen LogP contribution in [-0.2, 0) is 12.8 Å². The summed E-state index contributed by atoms with van der Waals surface area (Å²) in [4.78, 5) is 12.7. The second kappa shape index (κ2) is 6.54. The first-order chi connectivity index (χ1) is 12.1. The van der Waals surface area contributed by atoms with E-state index in [-0.39, 0.29) is 5.91 Å². The molecule has 1 heterocycles. The van der Waals surface area contributed by atoms with Crippen LogP contribution in [0.4, 0.5) is 5.82 Å². The summed E-state index contributed by atoms with van der Waals surface area (Å²) in [6.07, 6.45) is 2.89. The molecule has 1 aliphatic carbocycles. The first-order valence-electron chi connectivity index (χ1n) is 8.06. The lowest BCUT2D eigenvalue weighted by molar-refractivity contribution is 0.102. The van der Waals surface area contributed by atoms with E-state index in [2.05, 4.69) is 5.32 Å². The maximum absolute atomic E-state index is 12.7. The first-order valence-corrected chi connectivity index (χ1v) is 8.81. The zero-order chi connectivity index (χ0) is 17.4. The van der Waals surface area contributed by atoms with Crippen LogP contribution in [0.15, 0.2) is 48.5 Å². The van der Waals surface area contributed by atoms with E-state index < -0.39 is 0 Å². The lowest BCUT2D eigenvalue weighted by Crippen LogP contribution is -2.16. The summed E-state index contributed by atoms with van der Waals surface area (Å²) in [5, 5.41) is 8.52. The smallest absolute Gasteiger partial charge is 0.258 e. The summed E-state index contributed by atoms with van der Waals surface area (Å²) in [6, 6.07) is 14.6. The maximum atomic E-state index is 12.7. The van der Waals surface area contributed by atoms with Gasteiger partial charge >= 0.3 is 0 Å². The second-order valence-electron chi connectivity index (χ2n) is 5.95. The molecule has 0 saturated carbocycles. The number of carbonyl (C=O) groups excluding carboxylic acids is 1. The highest BCUT2D eigenvalue weighted by Crippen LogP contribution is 2.32. The van der Waals surface area contributed by atoms with Crippen LogP contribution < -0.4 is 5.32 Å². The fraction of sp³-hybridized carbons (Fsp3) is 0.158. The van der Waals surface area contributed by atoms with Crippen LogP contribution in [0.25, 0.3) is 5.69 Å². The SMILES string of the molecule is O=C(Nc1c2c(nn1-c1ccccc1)CCC2)c1ccc(Cl)cc1Cl. The van der Waals surface area contributed by atoms with E-state index in [0.29, 0.717) is 15.6 Å². The summed E-state index contributed by atoms with van der Waals surface area (Å²) in [7, 11) is 0. The number of carbonyl (C=O) groups is 1. The van der Waals surface area contributed by atoms with Crippen molar-refractivity contribution in [3.8, 4) is 5.69 Å². The van der Waals surface area contributed by atoms with Crippen LogP contribution in [0.1, 0.15) is 28.0 Å². The van der Waals surface area contributed by atoms with Gasteiger partial charge in [-0.05, 0) is 49.6 Å². The van der Waals surface area contributed by atoms with E-state index in [4.69, 9.17) is 28.3 Å². The van der Waals surface area contributed by atoms with Gasteiger partial charge in [-0.15, -0.1) is 0 Å². The highest BCUT2D eigenvalue weighted by molar-refractivity contribution is 6.37. The van der Waals surface area contributed by atoms with E-state index in [1.165, 1.54) is 0 Å². The molecule has 4 rings (SSSR count). The summed E-state index contributed by atoms with van der Waals surface area (Å²) in [5.41, 5.74) is 3.44. The number of hydrogen-bond acceptors (Lipinski definition) is 2. The minimum atomic E-state index is -0.270. The molecule has 25 heavy (non-hydrogen) atoms. The largest absolute Gasteiger partial charge is 0.306 e. The first kappa shape index (κ1) is 16.2. The van der Waals surface area contributed by atoms with E-state index in [9.17, 15) is 4.79 Å². The van der Waals surface area contributed by atoms with Gasteiger partial charge in [0.1, 0.15) is 5.82 Å². The number of benzene rings is 2. The zero-order valence-corrected chi connectivity index (χ0v) is 14.8. The van der Waals surface area contributed by atoms with Gasteiger partial charge in [0.25, 0.3) is 5.91 Å². The van der Waals surface area contributed by atoms with Crippen LogP contribution in [0.2, 0.25) is 10.0 Å². The molecule has 1 amide bonds. The number of amides is 1. The number of halogens is 2. The Balaban J connectivity index is 1.74. The number of nitrogens with zero attached hydrogens (tertiary/aromatic N) is 2. The van der Waals surface area contributed by atoms with Gasteiger partial charge in [-0.2, -0.15) is 5.10 Å². The molecule has 126 valence electrons. The molecule has 0 aliphatic heterocycles. The van der Waals surface area contributed by atoms with Gasteiger partial charge in [-0.25, -0.2) is 4.68 Å². The average Bonchev–Trinajstić information content (AvgIpc) is 3.18. The van der Waals surface area contributed by atoms with Gasteiger partial charge in [0.05, 0.1) is 22.0 Å². The van der Waals surface area contributed by atoms with Crippen LogP contribution in [0, 0.1) is 0 Å². The number of anilines is 1. The van der Waals surface area contributed by atoms with Gasteiger partial charge in [0.15, 0.2) is 0 Å². The average molecular weight is 372 g/mol. The summed E-state index contributed by atoms with van der Waals surface area (Å²) >= 11 is 12.1. The number of para-hydroxylation sites is 1. The molecule has 3 aromatic rings. The summed E-state index contributed by atoms with van der Waals surface area (Å²) < 4.78 is 1.80. The molecule has 0 radical (unpaired) electrons. The third-order valence-corrected chi connectivity index (χ3v) is 4.86. The van der Waals surface area contributed by atoms with Crippen LogP contribution >= 0.6 is 23.2 Å². The molecule has 0 bridgehead atoms. The summed E-state index contributed by atoms with van der Waals surface area (Å²) in [5.74, 6) is 0.447. The predicted molar refractivity (Wildman–Crippen MR) is 100 cm³/mol. The highest BCUT2D eigenvalue weighted by atomic mass is 35.5. The van der Waals surface area contributed by atoms with Crippen LogP contribution in [0.5, 0.6) is 0 Å². The number of nitrogens with one attached hydrogen (secondary N) is 1. The molecular weight excluding hydrogens is 357 g/mol. The molecule has 6 heteroatoms. The molecule has 0 saturated heterocycles. The van der Waals surface area contributed by atoms with Crippen molar-refractivity contribution in [3.05, 3.63) is 75.4 Å². The lowest BCUT2D eigenvalue weighted by Gasteiger charge is -2.12. The standard InChI is InChI=1S/C19H15Cl2N3O/c20-12-9-10-14(16(21)11-12)19(25)22-18-15-7-4-8-17(15)23-24(18)13-5-2-1-3-6-13/h1-3,5-6,9-11H,4,7-8H2,(H,22,25). The number of rotatable bonds is 3. The molecular formula is C19H15Cl2N3O. The van der Waals surface area contributed by atoms with Crippen molar-refractivity contribution >= 4 is 34.9 Å². The molecule has 1 aromatic heterocycles. The van der Waals surface area contributed by atoms with Gasteiger partial charge < -0.3 is 5.32 Å². The summed E-state index contributed by atoms with van der Waals surface area (Å²) in [6.45, 7) is 0. The monoisotopic (exact) mass is 371 g/mol. The predicted octanol–water partition coefficient (Wildman–Crippen LogP) is 4.92. The Morgan fingerprint density at radius 3 is 2.64 bits per heavy atom. The topological polar surface area (TPSA) is 46.9 Å². The van der Waals surface area contributed by atoms with E-state index in [0.717, 1.165) is 42.0 Å². The molecule has 0 unspecified atom stereocenters. The molecule has 0 spiro atoms. The molecule has 2 aromatic carbocycles. The van der Waals surface area contributed by atoms with Crippen molar-refractivity contribution in [2.45, 2.75) is 19.3 Å². The van der Waals surface area contributed by atoms with Gasteiger partial charge in [-0.3, -0.25) is 4.79 Å². The van der Waals surface area contributed by atoms with Crippen molar-refractivity contribution in [1.82, 2.24) is 9.78 Å². The van der Waals surface area contributed by atoms with Gasteiger partial charge in [0, 0.05) is 10.6 Å². The Kier molecular flexibility index (Phi) is 4.24. The van der Waals surface area contributed by atoms with Gasteiger partial charge in [0.2, 0.25) is 0 Å². The third kappa shape index (κ3) is 3.03. The Bertz CT molecular complexity index is 951. The van der Waals surface area contributed by atoms with Crippen molar-refractivity contribution in [2.75, 3.05) is 5.32 Å². The Morgan fingerprint density at radius 2 is 1.88 bits per heavy atom. The number of aryl methyl sites for hydroxylation is 1. The number of hydrogen-bond donors (Lipinski definition) is 1. The van der Waals surface area contributed by atoms with Gasteiger partial charge in [-0.1, -0.05) is 41.4 Å². The molecule has 1 N–H and O–H groups in total. The highest BCUT2D eigenvalue weighted by Gasteiger charge is 2.25. The minimum absolute atomic E-state index is 0.270. The van der Waals surface area contributed by atoms with Crippen LogP contribution in [0.3, 0.4) is 0 Å². The van der Waals surface area contributed by atoms with E-state index >= 15 is 0 Å². The normalized spacial score (nSPS) is 12.9. The van der Waals surface area contributed by atoms with Crippen molar-refractivity contribution < 1.29 is 4.79 Å². The molecule has 1 aliphatic rings. The Labute approximate surface area is 155 Å².